The Balaban J connectivity index is 2.07. The van der Waals surface area contributed by atoms with E-state index in [1.165, 1.54) is 12.0 Å². The Morgan fingerprint density at radius 3 is 2.44 bits per heavy atom. The van der Waals surface area contributed by atoms with Crippen LogP contribution in [0.4, 0.5) is 4.79 Å². The van der Waals surface area contributed by atoms with Crippen molar-refractivity contribution < 1.29 is 24.2 Å². The molecular weight excluding hydrogens is 324 g/mol. The maximum atomic E-state index is 11.6. The molecule has 2 rings (SSSR count). The number of carboxylic acid groups (broad SMARTS) is 1. The lowest BCUT2D eigenvalue weighted by Gasteiger charge is -2.46. The molecule has 0 saturated carbocycles. The summed E-state index contributed by atoms with van der Waals surface area (Å²) in [5.74, 6) is 0.222. The van der Waals surface area contributed by atoms with Gasteiger partial charge in [0.1, 0.15) is 12.4 Å². The number of nitrogens with zero attached hydrogens (tertiary/aromatic N) is 1. The number of benzene rings is 1. The van der Waals surface area contributed by atoms with Crippen molar-refractivity contribution in [2.75, 3.05) is 26.8 Å². The summed E-state index contributed by atoms with van der Waals surface area (Å²) >= 11 is 0. The third-order valence-electron chi connectivity index (χ3n) is 4.31. The van der Waals surface area contributed by atoms with E-state index in [0.717, 1.165) is 0 Å². The first-order valence-corrected chi connectivity index (χ1v) is 8.28. The number of piperazine rings is 1. The summed E-state index contributed by atoms with van der Waals surface area (Å²) in [7, 11) is 1.34. The quantitative estimate of drug-likeness (QED) is 0.810. The van der Waals surface area contributed by atoms with Crippen molar-refractivity contribution in [2.24, 2.45) is 5.41 Å². The Morgan fingerprint density at radius 1 is 1.28 bits per heavy atom. The first-order valence-electron chi connectivity index (χ1n) is 8.28. The zero-order valence-electron chi connectivity index (χ0n) is 15.1. The highest BCUT2D eigenvalue weighted by atomic mass is 16.5. The molecule has 1 saturated heterocycles. The highest BCUT2D eigenvalue weighted by Crippen LogP contribution is 2.29. The van der Waals surface area contributed by atoms with Crippen LogP contribution in [0.25, 0.3) is 0 Å². The number of carbonyl (C=O) groups is 2. The molecule has 2 unspecified atom stereocenters. The molecule has 1 heterocycles. The summed E-state index contributed by atoms with van der Waals surface area (Å²) in [5, 5.41) is 12.9. The average Bonchev–Trinajstić information content (AvgIpc) is 2.58. The van der Waals surface area contributed by atoms with E-state index in [1.807, 2.05) is 20.8 Å². The lowest BCUT2D eigenvalue weighted by molar-refractivity contribution is 0.0280. The van der Waals surface area contributed by atoms with Crippen molar-refractivity contribution in [3.8, 4) is 5.75 Å². The maximum Gasteiger partial charge on any atom is 0.407 e. The molecule has 1 aliphatic rings. The van der Waals surface area contributed by atoms with Crippen molar-refractivity contribution in [1.29, 1.82) is 0 Å². The van der Waals surface area contributed by atoms with Crippen molar-refractivity contribution in [3.63, 3.8) is 0 Å². The third-order valence-corrected chi connectivity index (χ3v) is 4.31. The standard InChI is InChI=1S/C18H26N2O5/c1-18(2,3)15-14(19-9-10-20(15)17(22)23)11-25-13-7-5-12(6-8-13)16(21)24-4/h5-8,14-15,19H,9-11H2,1-4H3,(H,22,23). The highest BCUT2D eigenvalue weighted by Gasteiger charge is 2.41. The first kappa shape index (κ1) is 19.1. The highest BCUT2D eigenvalue weighted by molar-refractivity contribution is 5.89. The minimum absolute atomic E-state index is 0.120. The predicted molar refractivity (Wildman–Crippen MR) is 93.0 cm³/mol. The van der Waals surface area contributed by atoms with Crippen molar-refractivity contribution in [1.82, 2.24) is 10.2 Å². The van der Waals surface area contributed by atoms with Gasteiger partial charge in [-0.3, -0.25) is 0 Å². The molecule has 138 valence electrons. The smallest absolute Gasteiger partial charge is 0.407 e. The van der Waals surface area contributed by atoms with Gasteiger partial charge >= 0.3 is 12.1 Å². The van der Waals surface area contributed by atoms with Crippen LogP contribution in [0.1, 0.15) is 31.1 Å². The molecule has 1 aromatic carbocycles. The summed E-state index contributed by atoms with van der Waals surface area (Å²) in [5.41, 5.74) is 0.226. The molecule has 7 nitrogen and oxygen atoms in total. The molecular formula is C18H26N2O5. The number of carbonyl (C=O) groups excluding carboxylic acids is 1. The van der Waals surface area contributed by atoms with Gasteiger partial charge < -0.3 is 24.8 Å². The van der Waals surface area contributed by atoms with E-state index in [0.29, 0.717) is 31.0 Å². The van der Waals surface area contributed by atoms with Gasteiger partial charge in [0.2, 0.25) is 0 Å². The van der Waals surface area contributed by atoms with Gasteiger partial charge in [-0.2, -0.15) is 0 Å². The molecule has 0 aliphatic carbocycles. The van der Waals surface area contributed by atoms with Gasteiger partial charge in [-0.15, -0.1) is 0 Å². The fraction of sp³-hybridized carbons (Fsp3) is 0.556. The second kappa shape index (κ2) is 7.74. The Hall–Kier alpha value is -2.28. The number of hydrogen-bond donors (Lipinski definition) is 2. The molecule has 0 aromatic heterocycles. The molecule has 1 amide bonds. The van der Waals surface area contributed by atoms with E-state index in [9.17, 15) is 14.7 Å². The minimum atomic E-state index is -0.908. The molecule has 7 heteroatoms. The van der Waals surface area contributed by atoms with Gasteiger partial charge in [0.25, 0.3) is 0 Å². The monoisotopic (exact) mass is 350 g/mol. The van der Waals surface area contributed by atoms with Crippen LogP contribution < -0.4 is 10.1 Å². The number of esters is 1. The summed E-state index contributed by atoms with van der Waals surface area (Å²) in [6.07, 6.45) is -0.908. The molecule has 0 radical (unpaired) electrons. The predicted octanol–water partition coefficient (Wildman–Crippen LogP) is 2.22. The summed E-state index contributed by atoms with van der Waals surface area (Å²) in [4.78, 5) is 24.5. The summed E-state index contributed by atoms with van der Waals surface area (Å²) in [6.45, 7) is 7.47. The Labute approximate surface area is 147 Å². The first-order chi connectivity index (χ1) is 11.7. The molecule has 25 heavy (non-hydrogen) atoms. The molecule has 0 spiro atoms. The van der Waals surface area contributed by atoms with Crippen molar-refractivity contribution in [2.45, 2.75) is 32.9 Å². The average molecular weight is 350 g/mol. The van der Waals surface area contributed by atoms with Gasteiger partial charge in [-0.25, -0.2) is 9.59 Å². The van der Waals surface area contributed by atoms with Crippen LogP contribution in [-0.2, 0) is 4.74 Å². The van der Waals surface area contributed by atoms with Crippen LogP contribution in [0.3, 0.4) is 0 Å². The van der Waals surface area contributed by atoms with Gasteiger partial charge in [0, 0.05) is 13.1 Å². The van der Waals surface area contributed by atoms with Crippen LogP contribution in [0.5, 0.6) is 5.75 Å². The van der Waals surface area contributed by atoms with Gasteiger partial charge in [0.15, 0.2) is 0 Å². The van der Waals surface area contributed by atoms with Crippen LogP contribution in [0.2, 0.25) is 0 Å². The van der Waals surface area contributed by atoms with Crippen molar-refractivity contribution in [3.05, 3.63) is 29.8 Å². The van der Waals surface area contributed by atoms with Crippen LogP contribution in [0.15, 0.2) is 24.3 Å². The zero-order chi connectivity index (χ0) is 18.6. The van der Waals surface area contributed by atoms with Crippen molar-refractivity contribution >= 4 is 12.1 Å². The number of ether oxygens (including phenoxy) is 2. The Morgan fingerprint density at radius 2 is 1.92 bits per heavy atom. The second-order valence-corrected chi connectivity index (χ2v) is 7.17. The number of methoxy groups -OCH3 is 1. The van der Waals surface area contributed by atoms with Gasteiger partial charge in [-0.1, -0.05) is 20.8 Å². The molecule has 0 bridgehead atoms. The van der Waals surface area contributed by atoms with Crippen LogP contribution in [0, 0.1) is 5.41 Å². The number of nitrogens with one attached hydrogen (secondary N) is 1. The van der Waals surface area contributed by atoms with E-state index >= 15 is 0 Å². The third kappa shape index (κ3) is 4.63. The number of amides is 1. The number of hydrogen-bond acceptors (Lipinski definition) is 5. The maximum absolute atomic E-state index is 11.6. The Kier molecular flexibility index (Phi) is 5.89. The number of rotatable bonds is 4. The second-order valence-electron chi connectivity index (χ2n) is 7.17. The fourth-order valence-electron chi connectivity index (χ4n) is 3.27. The van der Waals surface area contributed by atoms with Crippen LogP contribution in [-0.4, -0.2) is 61.0 Å². The normalized spacial score (nSPS) is 20.9. The molecule has 1 aliphatic heterocycles. The Bertz CT molecular complexity index is 609. The van der Waals surface area contributed by atoms with E-state index < -0.39 is 12.1 Å². The van der Waals surface area contributed by atoms with E-state index in [2.05, 4.69) is 10.1 Å². The molecule has 1 fully saturated rings. The molecule has 2 N–H and O–H groups in total. The van der Waals surface area contributed by atoms with Gasteiger partial charge in [0.05, 0.1) is 24.8 Å². The minimum Gasteiger partial charge on any atom is -0.492 e. The summed E-state index contributed by atoms with van der Waals surface area (Å²) in [6, 6.07) is 6.37. The van der Waals surface area contributed by atoms with Gasteiger partial charge in [-0.05, 0) is 29.7 Å². The zero-order valence-corrected chi connectivity index (χ0v) is 15.1. The molecule has 1 aromatic rings. The topological polar surface area (TPSA) is 88.1 Å². The van der Waals surface area contributed by atoms with E-state index in [-0.39, 0.29) is 17.5 Å². The SMILES string of the molecule is COC(=O)c1ccc(OCC2NCCN(C(=O)O)C2C(C)(C)C)cc1. The largest absolute Gasteiger partial charge is 0.492 e. The lowest BCUT2D eigenvalue weighted by Crippen LogP contribution is -2.65. The van der Waals surface area contributed by atoms with Crippen LogP contribution >= 0.6 is 0 Å². The lowest BCUT2D eigenvalue weighted by atomic mass is 9.80. The fourth-order valence-corrected chi connectivity index (χ4v) is 3.27. The van der Waals surface area contributed by atoms with E-state index in [1.54, 1.807) is 24.3 Å². The van der Waals surface area contributed by atoms with E-state index in [4.69, 9.17) is 4.74 Å². The summed E-state index contributed by atoms with van der Waals surface area (Å²) < 4.78 is 10.5. The molecule has 2 atom stereocenters.